The number of para-hydroxylation sites is 2. The third kappa shape index (κ3) is 7.24. The van der Waals surface area contributed by atoms with Crippen LogP contribution in [0.25, 0.3) is 5.69 Å². The minimum Gasteiger partial charge on any atom is -0.495 e. The van der Waals surface area contributed by atoms with Crippen molar-refractivity contribution in [1.29, 1.82) is 0 Å². The third-order valence-electron chi connectivity index (χ3n) is 5.11. The van der Waals surface area contributed by atoms with E-state index >= 15 is 0 Å². The van der Waals surface area contributed by atoms with Gasteiger partial charge in [0.05, 0.1) is 25.1 Å². The molecule has 0 fully saturated rings. The molecule has 0 saturated carbocycles. The van der Waals surface area contributed by atoms with Gasteiger partial charge in [0, 0.05) is 10.7 Å². The summed E-state index contributed by atoms with van der Waals surface area (Å²) in [5.41, 5.74) is 1.12. The predicted octanol–water partition coefficient (Wildman–Crippen LogP) is 4.49. The lowest BCUT2D eigenvalue weighted by Gasteiger charge is -2.14. The fraction of sp³-hybridized carbons (Fsp3) is 0.154. The minimum absolute atomic E-state index is 0.0198. The number of methoxy groups -OCH3 is 1. The van der Waals surface area contributed by atoms with E-state index < -0.39 is 5.82 Å². The van der Waals surface area contributed by atoms with E-state index in [9.17, 15) is 14.0 Å². The first-order valence-corrected chi connectivity index (χ1v) is 12.7. The number of nitrogens with zero attached hydrogens (tertiary/aromatic N) is 3. The normalized spacial score (nSPS) is 10.6. The van der Waals surface area contributed by atoms with Gasteiger partial charge in [0.25, 0.3) is 5.91 Å². The van der Waals surface area contributed by atoms with E-state index in [2.05, 4.69) is 20.8 Å². The number of hydrogen-bond acceptors (Lipinski definition) is 7. The van der Waals surface area contributed by atoms with Gasteiger partial charge in [-0.3, -0.25) is 14.2 Å². The summed E-state index contributed by atoms with van der Waals surface area (Å²) in [6, 6.07) is 19.4. The van der Waals surface area contributed by atoms with Crippen LogP contribution in [-0.4, -0.2) is 46.0 Å². The van der Waals surface area contributed by atoms with Gasteiger partial charge in [-0.2, -0.15) is 0 Å². The molecule has 0 radical (unpaired) electrons. The number of ether oxygens (including phenoxy) is 2. The van der Waals surface area contributed by atoms with Crippen molar-refractivity contribution < 1.29 is 23.5 Å². The number of halogens is 2. The number of amides is 2. The molecule has 2 amide bonds. The second-order valence-corrected chi connectivity index (χ2v) is 9.15. The molecule has 4 aromatic rings. The molecule has 0 bridgehead atoms. The largest absolute Gasteiger partial charge is 0.495 e. The van der Waals surface area contributed by atoms with Crippen molar-refractivity contribution in [3.05, 3.63) is 89.5 Å². The van der Waals surface area contributed by atoms with E-state index in [1.165, 1.54) is 24.3 Å². The van der Waals surface area contributed by atoms with Gasteiger partial charge in [0.2, 0.25) is 5.91 Å². The van der Waals surface area contributed by atoms with E-state index in [0.717, 1.165) is 11.8 Å². The van der Waals surface area contributed by atoms with Gasteiger partial charge in [-0.1, -0.05) is 35.5 Å². The van der Waals surface area contributed by atoms with Crippen LogP contribution in [0.15, 0.2) is 78.0 Å². The first-order chi connectivity index (χ1) is 18.4. The standard InChI is InChI=1S/C26H23ClFN5O4S/c1-36-22-5-3-2-4-21(22)33-23(14-29-24(34)15-37-20-12-6-17(27)7-13-20)31-32-26(33)38-16-25(35)30-19-10-8-18(28)9-11-19/h2-13H,14-16H2,1H3,(H,29,34)(H,30,35). The van der Waals surface area contributed by atoms with Crippen molar-refractivity contribution in [3.63, 3.8) is 0 Å². The highest BCUT2D eigenvalue weighted by Crippen LogP contribution is 2.28. The van der Waals surface area contributed by atoms with E-state index in [1.54, 1.807) is 42.0 Å². The summed E-state index contributed by atoms with van der Waals surface area (Å²) in [6.07, 6.45) is 0. The zero-order valence-corrected chi connectivity index (χ0v) is 21.8. The summed E-state index contributed by atoms with van der Waals surface area (Å²) < 4.78 is 25.8. The lowest BCUT2D eigenvalue weighted by atomic mass is 10.3. The van der Waals surface area contributed by atoms with Gasteiger partial charge in [0.1, 0.15) is 17.3 Å². The maximum Gasteiger partial charge on any atom is 0.258 e. The second-order valence-electron chi connectivity index (χ2n) is 7.77. The van der Waals surface area contributed by atoms with Crippen LogP contribution >= 0.6 is 23.4 Å². The maximum absolute atomic E-state index is 13.1. The first-order valence-electron chi connectivity index (χ1n) is 11.3. The predicted molar refractivity (Wildman–Crippen MR) is 142 cm³/mol. The monoisotopic (exact) mass is 555 g/mol. The molecule has 0 atom stereocenters. The number of aromatic nitrogens is 3. The molecule has 1 aromatic heterocycles. The number of thioether (sulfide) groups is 1. The molecule has 2 N–H and O–H groups in total. The van der Waals surface area contributed by atoms with Crippen LogP contribution in [0.2, 0.25) is 5.02 Å². The number of benzene rings is 3. The van der Waals surface area contributed by atoms with Crippen LogP contribution < -0.4 is 20.1 Å². The van der Waals surface area contributed by atoms with Crippen molar-refractivity contribution in [3.8, 4) is 17.2 Å². The molecule has 196 valence electrons. The van der Waals surface area contributed by atoms with Crippen molar-refractivity contribution in [2.45, 2.75) is 11.7 Å². The van der Waals surface area contributed by atoms with Crippen molar-refractivity contribution in [2.24, 2.45) is 0 Å². The summed E-state index contributed by atoms with van der Waals surface area (Å²) in [6.45, 7) is -0.147. The minimum atomic E-state index is -0.390. The fourth-order valence-corrected chi connectivity index (χ4v) is 4.22. The fourth-order valence-electron chi connectivity index (χ4n) is 3.33. The quantitative estimate of drug-likeness (QED) is 0.262. The van der Waals surface area contributed by atoms with E-state index in [4.69, 9.17) is 21.1 Å². The molecule has 38 heavy (non-hydrogen) atoms. The molecule has 9 nitrogen and oxygen atoms in total. The van der Waals surface area contributed by atoms with Gasteiger partial charge in [0.15, 0.2) is 17.6 Å². The zero-order valence-electron chi connectivity index (χ0n) is 20.2. The number of nitrogens with one attached hydrogen (secondary N) is 2. The lowest BCUT2D eigenvalue weighted by molar-refractivity contribution is -0.123. The third-order valence-corrected chi connectivity index (χ3v) is 6.29. The number of carbonyl (C=O) groups excluding carboxylic acids is 2. The molecule has 1 heterocycles. The molecular formula is C26H23ClFN5O4S. The van der Waals surface area contributed by atoms with Gasteiger partial charge in [-0.05, 0) is 60.7 Å². The Morgan fingerprint density at radius 3 is 2.47 bits per heavy atom. The number of carbonyl (C=O) groups is 2. The summed E-state index contributed by atoms with van der Waals surface area (Å²) in [7, 11) is 1.54. The Morgan fingerprint density at radius 2 is 1.74 bits per heavy atom. The molecule has 0 aliphatic rings. The Labute approximate surface area is 227 Å². The molecule has 0 spiro atoms. The van der Waals surface area contributed by atoms with Crippen molar-refractivity contribution in [1.82, 2.24) is 20.1 Å². The smallest absolute Gasteiger partial charge is 0.258 e. The van der Waals surface area contributed by atoms with Crippen LogP contribution in [-0.2, 0) is 16.1 Å². The van der Waals surface area contributed by atoms with E-state index in [0.29, 0.717) is 38.9 Å². The number of hydrogen-bond donors (Lipinski definition) is 2. The van der Waals surface area contributed by atoms with E-state index in [-0.39, 0.29) is 30.7 Å². The zero-order chi connectivity index (χ0) is 26.9. The SMILES string of the molecule is COc1ccccc1-n1c(CNC(=O)COc2ccc(Cl)cc2)nnc1SCC(=O)Nc1ccc(F)cc1. The topological polar surface area (TPSA) is 107 Å². The summed E-state index contributed by atoms with van der Waals surface area (Å²) >= 11 is 7.02. The molecule has 12 heteroatoms. The Bertz CT molecular complexity index is 1400. The van der Waals surface area contributed by atoms with Crippen LogP contribution in [0.1, 0.15) is 5.82 Å². The van der Waals surface area contributed by atoms with Crippen molar-refractivity contribution in [2.75, 3.05) is 24.8 Å². The molecule has 0 aliphatic heterocycles. The van der Waals surface area contributed by atoms with Crippen molar-refractivity contribution >= 4 is 40.9 Å². The van der Waals surface area contributed by atoms with Gasteiger partial charge in [-0.25, -0.2) is 4.39 Å². The Kier molecular flexibility index (Phi) is 9.17. The number of anilines is 1. The Morgan fingerprint density at radius 1 is 1.00 bits per heavy atom. The highest BCUT2D eigenvalue weighted by Gasteiger charge is 2.19. The highest BCUT2D eigenvalue weighted by molar-refractivity contribution is 7.99. The van der Waals surface area contributed by atoms with Crippen LogP contribution in [0.4, 0.5) is 10.1 Å². The lowest BCUT2D eigenvalue weighted by Crippen LogP contribution is -2.29. The first kappa shape index (κ1) is 27.0. The average Bonchev–Trinajstić information content (AvgIpc) is 3.34. The summed E-state index contributed by atoms with van der Waals surface area (Å²) in [5, 5.41) is 14.9. The van der Waals surface area contributed by atoms with E-state index in [1.807, 2.05) is 18.2 Å². The van der Waals surface area contributed by atoms with Gasteiger partial charge >= 0.3 is 0 Å². The summed E-state index contributed by atoms with van der Waals surface area (Å²) in [5.74, 6) is 0.469. The van der Waals surface area contributed by atoms with Gasteiger partial charge < -0.3 is 20.1 Å². The molecule has 0 saturated heterocycles. The maximum atomic E-state index is 13.1. The Balaban J connectivity index is 1.45. The molecular weight excluding hydrogens is 533 g/mol. The van der Waals surface area contributed by atoms with Crippen LogP contribution in [0.5, 0.6) is 11.5 Å². The van der Waals surface area contributed by atoms with Gasteiger partial charge in [-0.15, -0.1) is 10.2 Å². The number of rotatable bonds is 11. The molecule has 4 rings (SSSR count). The highest BCUT2D eigenvalue weighted by atomic mass is 35.5. The molecule has 0 unspecified atom stereocenters. The van der Waals surface area contributed by atoms with Crippen LogP contribution in [0, 0.1) is 5.82 Å². The summed E-state index contributed by atoms with van der Waals surface area (Å²) in [4.78, 5) is 24.9. The molecule has 3 aromatic carbocycles. The second kappa shape index (κ2) is 12.9. The molecule has 0 aliphatic carbocycles. The Hall–Kier alpha value is -4.09. The average molecular weight is 556 g/mol. The van der Waals surface area contributed by atoms with Crippen LogP contribution in [0.3, 0.4) is 0 Å².